The number of carbonyl (C=O) groups is 3. The number of phenols is 1. The summed E-state index contributed by atoms with van der Waals surface area (Å²) in [7, 11) is 0. The fourth-order valence-electron chi connectivity index (χ4n) is 8.92. The SMILES string of the molecule is C=CC1(OC(=O)C(=C)C)CCCC1.C=CC1(OC(=O)C(C)(C)CC)CCCC1.C=CC1(OC(=O)C(C)(C)CC)CCCC1.C=Cc1ccc(OC(C)OCC)cc1.CCC(C)c1ccc(O)cc1.CCOC(C)Oc1ccc(C(C)CC)cc1. The molecule has 0 amide bonds. The summed E-state index contributed by atoms with van der Waals surface area (Å²) in [6.45, 7) is 49.8. The first kappa shape index (κ1) is 76.1. The Labute approximate surface area is 509 Å². The van der Waals surface area contributed by atoms with Crippen molar-refractivity contribution in [3.63, 3.8) is 0 Å². The summed E-state index contributed by atoms with van der Waals surface area (Å²) in [6.07, 6.45) is 23.0. The average molecular weight is 1170 g/mol. The number of esters is 3. The molecule has 3 aliphatic rings. The predicted octanol–water partition coefficient (Wildman–Crippen LogP) is 19.5. The number of carbonyl (C=O) groups excluding carboxylic acids is 3. The molecule has 0 heterocycles. The van der Waals surface area contributed by atoms with E-state index in [-0.39, 0.29) is 52.5 Å². The fraction of sp³-hybridized carbons (Fsp3) is 0.575. The minimum atomic E-state index is -0.407. The van der Waals surface area contributed by atoms with Gasteiger partial charge in [0.1, 0.15) is 34.1 Å². The molecule has 84 heavy (non-hydrogen) atoms. The molecule has 3 saturated carbocycles. The van der Waals surface area contributed by atoms with E-state index in [0.29, 0.717) is 36.4 Å². The zero-order valence-electron chi connectivity index (χ0n) is 54.8. The molecule has 1 N–H and O–H groups in total. The van der Waals surface area contributed by atoms with Crippen LogP contribution in [0.15, 0.2) is 129 Å². The van der Waals surface area contributed by atoms with Gasteiger partial charge in [0.05, 0.1) is 10.8 Å². The number of hydrogen-bond donors (Lipinski definition) is 1. The second kappa shape index (κ2) is 38.9. The maximum absolute atomic E-state index is 11.9. The van der Waals surface area contributed by atoms with Crippen molar-refractivity contribution in [2.45, 2.75) is 248 Å². The number of phenolic OH excluding ortho intramolecular Hbond substituents is 1. The van der Waals surface area contributed by atoms with Gasteiger partial charge in [-0.1, -0.05) is 117 Å². The molecular weight excluding hydrogens is 1050 g/mol. The fourth-order valence-corrected chi connectivity index (χ4v) is 8.92. The Hall–Kier alpha value is -5.91. The van der Waals surface area contributed by atoms with Gasteiger partial charge in [-0.15, -0.1) is 0 Å². The largest absolute Gasteiger partial charge is 0.508 e. The smallest absolute Gasteiger partial charge is 0.333 e. The molecule has 0 radical (unpaired) electrons. The second-order valence-corrected chi connectivity index (χ2v) is 23.7. The van der Waals surface area contributed by atoms with Crippen LogP contribution in [0.5, 0.6) is 17.2 Å². The maximum Gasteiger partial charge on any atom is 0.333 e. The van der Waals surface area contributed by atoms with Crippen LogP contribution in [0.25, 0.3) is 6.08 Å². The van der Waals surface area contributed by atoms with Crippen LogP contribution in [-0.2, 0) is 38.1 Å². The lowest BCUT2D eigenvalue weighted by molar-refractivity contribution is -0.166. The number of benzene rings is 3. The molecular formula is C73H112O11. The van der Waals surface area contributed by atoms with E-state index in [9.17, 15) is 14.4 Å². The first-order chi connectivity index (χ1) is 39.7. The van der Waals surface area contributed by atoms with Crippen LogP contribution in [0.1, 0.15) is 235 Å². The van der Waals surface area contributed by atoms with E-state index >= 15 is 0 Å². The Kier molecular flexibility index (Phi) is 35.3. The van der Waals surface area contributed by atoms with E-state index in [2.05, 4.69) is 72.7 Å². The maximum atomic E-state index is 11.9. The Balaban J connectivity index is 0.000000506. The van der Waals surface area contributed by atoms with Gasteiger partial charge < -0.3 is 38.3 Å². The van der Waals surface area contributed by atoms with E-state index in [0.717, 1.165) is 120 Å². The van der Waals surface area contributed by atoms with Crippen molar-refractivity contribution in [1.29, 1.82) is 0 Å². The molecule has 4 atom stereocenters. The monoisotopic (exact) mass is 1160 g/mol. The van der Waals surface area contributed by atoms with Crippen molar-refractivity contribution in [3.05, 3.63) is 146 Å². The summed E-state index contributed by atoms with van der Waals surface area (Å²) < 4.78 is 38.3. The van der Waals surface area contributed by atoms with E-state index in [1.54, 1.807) is 31.2 Å². The summed E-state index contributed by atoms with van der Waals surface area (Å²) in [6, 6.07) is 23.4. The number of hydrogen-bond acceptors (Lipinski definition) is 11. The van der Waals surface area contributed by atoms with Crippen molar-refractivity contribution < 1.29 is 52.6 Å². The highest BCUT2D eigenvalue weighted by atomic mass is 16.7. The summed E-state index contributed by atoms with van der Waals surface area (Å²) >= 11 is 0. The second-order valence-electron chi connectivity index (χ2n) is 23.7. The molecule has 3 aromatic rings. The number of aromatic hydroxyl groups is 1. The van der Waals surface area contributed by atoms with Crippen LogP contribution < -0.4 is 9.47 Å². The summed E-state index contributed by atoms with van der Waals surface area (Å²) in [5.74, 6) is 2.75. The molecule has 0 saturated heterocycles. The Morgan fingerprint density at radius 1 is 0.524 bits per heavy atom. The summed E-state index contributed by atoms with van der Waals surface area (Å²) in [5.41, 5.74) is 2.29. The molecule has 3 aliphatic carbocycles. The van der Waals surface area contributed by atoms with Crippen LogP contribution in [0.4, 0.5) is 0 Å². The van der Waals surface area contributed by atoms with Gasteiger partial charge in [0.15, 0.2) is 12.6 Å². The van der Waals surface area contributed by atoms with E-state index in [1.807, 2.05) is 130 Å². The molecule has 4 unspecified atom stereocenters. The van der Waals surface area contributed by atoms with Gasteiger partial charge in [-0.25, -0.2) is 4.79 Å². The van der Waals surface area contributed by atoms with Crippen LogP contribution in [0.3, 0.4) is 0 Å². The minimum absolute atomic E-state index is 0.0909. The molecule has 11 heteroatoms. The highest BCUT2D eigenvalue weighted by molar-refractivity contribution is 5.87. The van der Waals surface area contributed by atoms with Gasteiger partial charge in [-0.2, -0.15) is 0 Å². The van der Waals surface area contributed by atoms with Crippen molar-refractivity contribution >= 4 is 24.0 Å². The van der Waals surface area contributed by atoms with Crippen LogP contribution in [-0.4, -0.2) is 65.6 Å². The van der Waals surface area contributed by atoms with Gasteiger partial charge in [-0.3, -0.25) is 9.59 Å². The molecule has 3 aromatic carbocycles. The van der Waals surface area contributed by atoms with E-state index in [4.69, 9.17) is 38.3 Å². The van der Waals surface area contributed by atoms with Crippen LogP contribution >= 0.6 is 0 Å². The third kappa shape index (κ3) is 27.4. The lowest BCUT2D eigenvalue weighted by Crippen LogP contribution is -2.36. The predicted molar refractivity (Wildman–Crippen MR) is 347 cm³/mol. The van der Waals surface area contributed by atoms with Gasteiger partial charge >= 0.3 is 17.9 Å². The highest BCUT2D eigenvalue weighted by Crippen LogP contribution is 2.39. The summed E-state index contributed by atoms with van der Waals surface area (Å²) in [5, 5.41) is 9.01. The molecule has 0 aliphatic heterocycles. The topological polar surface area (TPSA) is 136 Å². The third-order valence-corrected chi connectivity index (χ3v) is 16.2. The highest BCUT2D eigenvalue weighted by Gasteiger charge is 2.40. The molecule has 0 aromatic heterocycles. The lowest BCUT2D eigenvalue weighted by Gasteiger charge is -2.30. The van der Waals surface area contributed by atoms with Crippen LogP contribution in [0, 0.1) is 10.8 Å². The molecule has 6 rings (SSSR count). The summed E-state index contributed by atoms with van der Waals surface area (Å²) in [4.78, 5) is 35.2. The lowest BCUT2D eigenvalue weighted by atomic mass is 9.90. The van der Waals surface area contributed by atoms with Crippen molar-refractivity contribution in [2.24, 2.45) is 10.8 Å². The van der Waals surface area contributed by atoms with Crippen LogP contribution in [0.2, 0.25) is 0 Å². The molecule has 3 fully saturated rings. The molecule has 0 spiro atoms. The third-order valence-electron chi connectivity index (χ3n) is 16.2. The average Bonchev–Trinajstić information content (AvgIpc) is 4.49. The van der Waals surface area contributed by atoms with E-state index < -0.39 is 5.60 Å². The first-order valence-corrected chi connectivity index (χ1v) is 31.1. The Morgan fingerprint density at radius 3 is 1.11 bits per heavy atom. The molecule has 470 valence electrons. The number of rotatable bonds is 24. The molecule has 11 nitrogen and oxygen atoms in total. The van der Waals surface area contributed by atoms with E-state index in [1.165, 1.54) is 11.1 Å². The van der Waals surface area contributed by atoms with Gasteiger partial charge in [0.25, 0.3) is 0 Å². The zero-order valence-corrected chi connectivity index (χ0v) is 54.8. The van der Waals surface area contributed by atoms with Crippen molar-refractivity contribution in [2.75, 3.05) is 13.2 Å². The number of ether oxygens (including phenoxy) is 7. The quantitative estimate of drug-likeness (QED) is 0.0302. The van der Waals surface area contributed by atoms with Gasteiger partial charge in [0, 0.05) is 18.8 Å². The Bertz CT molecular complexity index is 2330. The first-order valence-electron chi connectivity index (χ1n) is 31.1. The van der Waals surface area contributed by atoms with Gasteiger partial charge in [0.2, 0.25) is 0 Å². The molecule has 0 bridgehead atoms. The van der Waals surface area contributed by atoms with Crippen molar-refractivity contribution in [3.8, 4) is 17.2 Å². The van der Waals surface area contributed by atoms with Gasteiger partial charge in [-0.05, 0) is 248 Å². The standard InChI is InChI=1S/C14H22O2.2C13H22O2.C12H16O2.C11H16O2.C10H14O/c1-5-11(3)13-7-9-14(10-8-13)16-12(4)15-6-2;2*1-5-12(3,4)11(14)15-13(6-2)9-7-8-10-13;1-4-11-6-8-12(9-7-11)14-10(3)13-5-2;1-4-11(7-5-6-8-11)13-10(12)9(2)3;1-3-8(2)9-4-6-10(11)7-5-9/h7-12H,5-6H2,1-4H3;2*6H,2,5,7-10H2,1,3-4H3;4,6-10H,1,5H2,2-3H3;4H,1-2,5-8H2,3H3;4-8,11H,3H2,1-2H3. The Morgan fingerprint density at radius 2 is 0.833 bits per heavy atom. The minimum Gasteiger partial charge on any atom is -0.508 e. The van der Waals surface area contributed by atoms with Crippen molar-refractivity contribution in [1.82, 2.24) is 0 Å². The normalized spacial score (nSPS) is 16.6. The zero-order chi connectivity index (χ0) is 63.6.